The number of hydrogen-bond donors (Lipinski definition) is 1. The molecule has 0 aliphatic carbocycles. The van der Waals surface area contributed by atoms with E-state index >= 15 is 8.78 Å². The van der Waals surface area contributed by atoms with Gasteiger partial charge in [-0.25, -0.2) is 8.78 Å². The molecule has 0 bridgehead atoms. The molecule has 36 heavy (non-hydrogen) atoms. The van der Waals surface area contributed by atoms with E-state index in [1.54, 1.807) is 6.92 Å². The molecule has 2 aromatic carbocycles. The van der Waals surface area contributed by atoms with Crippen LogP contribution in [0.25, 0.3) is 0 Å². The molecule has 0 amide bonds. The highest BCUT2D eigenvalue weighted by atomic mass is 28.4. The number of piperidine rings is 1. The smallest absolute Gasteiger partial charge is 0.259 e. The van der Waals surface area contributed by atoms with Crippen molar-refractivity contribution in [3.63, 3.8) is 0 Å². The topological polar surface area (TPSA) is 49.8 Å². The quantitative estimate of drug-likeness (QED) is 0.285. The van der Waals surface area contributed by atoms with Gasteiger partial charge in [-0.1, -0.05) is 71.9 Å². The molecule has 1 atom stereocenters. The molecule has 1 N–H and O–H groups in total. The molecule has 4 nitrogen and oxygen atoms in total. The lowest BCUT2D eigenvalue weighted by molar-refractivity contribution is -0.0318. The minimum atomic E-state index is -2.56. The van der Waals surface area contributed by atoms with E-state index in [0.29, 0.717) is 25.9 Å². The summed E-state index contributed by atoms with van der Waals surface area (Å²) < 4.78 is 36.8. The van der Waals surface area contributed by atoms with Crippen LogP contribution < -0.4 is 4.43 Å². The highest BCUT2D eigenvalue weighted by Crippen LogP contribution is 2.44. The van der Waals surface area contributed by atoms with Crippen molar-refractivity contribution in [2.45, 2.75) is 89.6 Å². The predicted octanol–water partition coefficient (Wildman–Crippen LogP) is 7.07. The zero-order valence-corrected chi connectivity index (χ0v) is 23.6. The van der Waals surface area contributed by atoms with Gasteiger partial charge in [0.15, 0.2) is 23.2 Å². The van der Waals surface area contributed by atoms with Crippen LogP contribution in [0.1, 0.15) is 77.2 Å². The molecule has 0 saturated carbocycles. The predicted molar refractivity (Wildman–Crippen MR) is 143 cm³/mol. The summed E-state index contributed by atoms with van der Waals surface area (Å²) in [6.45, 7) is 15.1. The van der Waals surface area contributed by atoms with Crippen LogP contribution in [0.15, 0.2) is 42.5 Å². The third-order valence-electron chi connectivity index (χ3n) is 8.13. The number of nitrogens with zero attached hydrogens (tertiary/aromatic N) is 1. The Morgan fingerprint density at radius 3 is 1.83 bits per heavy atom. The number of rotatable bonds is 9. The number of benzene rings is 2. The van der Waals surface area contributed by atoms with Crippen molar-refractivity contribution in [2.24, 2.45) is 0 Å². The molecule has 1 fully saturated rings. The second kappa shape index (κ2) is 11.1. The van der Waals surface area contributed by atoms with Crippen LogP contribution in [0.4, 0.5) is 8.78 Å². The van der Waals surface area contributed by atoms with Crippen LogP contribution in [0.2, 0.25) is 16.6 Å². The Bertz CT molecular complexity index is 1000. The molecule has 198 valence electrons. The van der Waals surface area contributed by atoms with Crippen molar-refractivity contribution in [3.8, 4) is 5.75 Å². The minimum absolute atomic E-state index is 0.000322. The second-order valence-corrected chi connectivity index (χ2v) is 16.5. The molecule has 0 spiro atoms. The van der Waals surface area contributed by atoms with E-state index in [2.05, 4.69) is 41.5 Å². The standard InChI is InChI=1S/C29H41F2NO3Si/c1-19(2)36(20(3)4,21(5)6)35-28-25(30)17-23(18-26(28)31)27(33)22(7)32-15-13-29(34,14-16-32)24-11-9-8-10-12-24/h8-12,17-22,34H,13-16H2,1-7H3. The summed E-state index contributed by atoms with van der Waals surface area (Å²) in [6.07, 6.45) is 0.965. The third-order valence-corrected chi connectivity index (χ3v) is 14.1. The van der Waals surface area contributed by atoms with Crippen LogP contribution in [0.5, 0.6) is 5.75 Å². The molecule has 0 aromatic heterocycles. The average molecular weight is 518 g/mol. The lowest BCUT2D eigenvalue weighted by Crippen LogP contribution is -2.51. The van der Waals surface area contributed by atoms with Crippen LogP contribution in [0.3, 0.4) is 0 Å². The van der Waals surface area contributed by atoms with Gasteiger partial charge in [0.1, 0.15) is 0 Å². The first-order valence-electron chi connectivity index (χ1n) is 13.1. The normalized spacial score (nSPS) is 17.6. The van der Waals surface area contributed by atoms with Crippen molar-refractivity contribution in [1.29, 1.82) is 0 Å². The summed E-state index contributed by atoms with van der Waals surface area (Å²) in [5.41, 5.74) is 0.410. The Balaban J connectivity index is 1.78. The van der Waals surface area contributed by atoms with E-state index in [0.717, 1.165) is 17.7 Å². The zero-order valence-electron chi connectivity index (χ0n) is 22.6. The summed E-state index contributed by atoms with van der Waals surface area (Å²) in [6, 6.07) is 11.2. The second-order valence-electron chi connectivity index (χ2n) is 11.2. The van der Waals surface area contributed by atoms with Crippen LogP contribution in [-0.2, 0) is 5.60 Å². The van der Waals surface area contributed by atoms with Gasteiger partial charge in [0.25, 0.3) is 8.32 Å². The van der Waals surface area contributed by atoms with E-state index < -0.39 is 31.6 Å². The number of hydrogen-bond acceptors (Lipinski definition) is 4. The fourth-order valence-corrected chi connectivity index (χ4v) is 11.3. The van der Waals surface area contributed by atoms with Gasteiger partial charge >= 0.3 is 0 Å². The van der Waals surface area contributed by atoms with Gasteiger partial charge in [0.2, 0.25) is 0 Å². The Morgan fingerprint density at radius 1 is 0.917 bits per heavy atom. The maximum atomic E-state index is 15.2. The van der Waals surface area contributed by atoms with E-state index in [4.69, 9.17) is 4.43 Å². The minimum Gasteiger partial charge on any atom is -0.539 e. The number of likely N-dealkylation sites (tertiary alicyclic amines) is 1. The highest BCUT2D eigenvalue weighted by Gasteiger charge is 2.48. The summed E-state index contributed by atoms with van der Waals surface area (Å²) in [4.78, 5) is 15.2. The van der Waals surface area contributed by atoms with Gasteiger partial charge in [0, 0.05) is 18.7 Å². The summed E-state index contributed by atoms with van der Waals surface area (Å²) in [5, 5.41) is 11.1. The SMILES string of the molecule is CC(C(=O)c1cc(F)c(O[Si](C(C)C)(C(C)C)C(C)C)c(F)c1)N1CCC(O)(c2ccccc2)CC1. The summed E-state index contributed by atoms with van der Waals surface area (Å²) >= 11 is 0. The van der Waals surface area contributed by atoms with E-state index in [-0.39, 0.29) is 33.7 Å². The first kappa shape index (κ1) is 28.5. The highest BCUT2D eigenvalue weighted by molar-refractivity contribution is 6.78. The number of carbonyl (C=O) groups excluding carboxylic acids is 1. The molecule has 1 unspecified atom stereocenters. The molecule has 2 aromatic rings. The monoisotopic (exact) mass is 517 g/mol. The molecule has 0 radical (unpaired) electrons. The van der Waals surface area contributed by atoms with Gasteiger partial charge in [0.05, 0.1) is 11.6 Å². The maximum Gasteiger partial charge on any atom is 0.259 e. The Labute approximate surface area is 215 Å². The molecule has 1 aliphatic heterocycles. The number of aliphatic hydroxyl groups is 1. The largest absolute Gasteiger partial charge is 0.539 e. The first-order chi connectivity index (χ1) is 16.8. The zero-order chi connectivity index (χ0) is 26.8. The average Bonchev–Trinajstić information content (AvgIpc) is 2.83. The van der Waals surface area contributed by atoms with Gasteiger partial charge in [-0.2, -0.15) is 0 Å². The van der Waals surface area contributed by atoms with Crippen LogP contribution in [-0.4, -0.2) is 43.2 Å². The van der Waals surface area contributed by atoms with Crippen molar-refractivity contribution in [3.05, 3.63) is 65.2 Å². The first-order valence-corrected chi connectivity index (χ1v) is 15.2. The Kier molecular flexibility index (Phi) is 8.79. The molecule has 1 saturated heterocycles. The van der Waals surface area contributed by atoms with Crippen molar-refractivity contribution < 1.29 is 23.1 Å². The van der Waals surface area contributed by atoms with Gasteiger partial charge in [-0.15, -0.1) is 0 Å². The Hall–Kier alpha value is -2.09. The van der Waals surface area contributed by atoms with Gasteiger partial charge in [-0.3, -0.25) is 9.69 Å². The molecule has 3 rings (SSSR count). The van der Waals surface area contributed by atoms with Crippen molar-refractivity contribution in [1.82, 2.24) is 4.90 Å². The van der Waals surface area contributed by atoms with Gasteiger partial charge in [-0.05, 0) is 54.1 Å². The van der Waals surface area contributed by atoms with E-state index in [9.17, 15) is 9.90 Å². The van der Waals surface area contributed by atoms with E-state index in [1.807, 2.05) is 35.2 Å². The molecule has 7 heteroatoms. The van der Waals surface area contributed by atoms with Crippen LogP contribution in [0, 0.1) is 11.6 Å². The molecular formula is C29H41F2NO3Si. The Morgan fingerprint density at radius 2 is 1.39 bits per heavy atom. The number of ketones is 1. The third kappa shape index (κ3) is 5.43. The van der Waals surface area contributed by atoms with Crippen LogP contribution >= 0.6 is 0 Å². The maximum absolute atomic E-state index is 15.2. The fourth-order valence-electron chi connectivity index (χ4n) is 6.06. The number of carbonyl (C=O) groups is 1. The van der Waals surface area contributed by atoms with Crippen molar-refractivity contribution >= 4 is 14.1 Å². The number of halogens is 2. The fraction of sp³-hybridized carbons (Fsp3) is 0.552. The summed E-state index contributed by atoms with van der Waals surface area (Å²) in [7, 11) is -2.56. The van der Waals surface area contributed by atoms with E-state index in [1.165, 1.54) is 0 Å². The summed E-state index contributed by atoms with van der Waals surface area (Å²) in [5.74, 6) is -2.37. The molecule has 1 aliphatic rings. The van der Waals surface area contributed by atoms with Gasteiger partial charge < -0.3 is 9.53 Å². The lowest BCUT2D eigenvalue weighted by Gasteiger charge is -2.42. The number of Topliss-reactive ketones (excluding diaryl/α,β-unsaturated/α-hetero) is 1. The van der Waals surface area contributed by atoms with Crippen molar-refractivity contribution in [2.75, 3.05) is 13.1 Å². The molecule has 1 heterocycles. The molecular weight excluding hydrogens is 476 g/mol. The lowest BCUT2D eigenvalue weighted by atomic mass is 9.84.